The van der Waals surface area contributed by atoms with Gasteiger partial charge in [0.05, 0.1) is 7.11 Å². The Balaban J connectivity index is 1.76. The van der Waals surface area contributed by atoms with Gasteiger partial charge in [0.2, 0.25) is 0 Å². The maximum Gasteiger partial charge on any atom is 0.253 e. The van der Waals surface area contributed by atoms with E-state index in [0.29, 0.717) is 23.8 Å². The molecule has 1 heterocycles. The summed E-state index contributed by atoms with van der Waals surface area (Å²) in [5.41, 5.74) is 1.49. The molecule has 1 N–H and O–H groups in total. The van der Waals surface area contributed by atoms with Crippen molar-refractivity contribution in [3.63, 3.8) is 0 Å². The molecule has 31 heavy (non-hydrogen) atoms. The minimum Gasteiger partial charge on any atom is -0.493 e. The zero-order chi connectivity index (χ0) is 22.1. The maximum absolute atomic E-state index is 13.2. The van der Waals surface area contributed by atoms with E-state index < -0.39 is 6.04 Å². The van der Waals surface area contributed by atoms with Gasteiger partial charge in [-0.25, -0.2) is 0 Å². The monoisotopic (exact) mass is 422 g/mol. The molecule has 164 valence electrons. The third kappa shape index (κ3) is 5.86. The number of carbonyl (C=O) groups is 1. The summed E-state index contributed by atoms with van der Waals surface area (Å²) in [4.78, 5) is 15.5. The lowest BCUT2D eigenvalue weighted by atomic mass is 10.1. The lowest BCUT2D eigenvalue weighted by Gasteiger charge is -2.20. The Bertz CT molecular complexity index is 941. The summed E-state index contributed by atoms with van der Waals surface area (Å²) in [7, 11) is 1.61. The molecule has 3 rings (SSSR count). The van der Waals surface area contributed by atoms with Crippen molar-refractivity contribution in [2.75, 3.05) is 38.7 Å². The number of amides is 1. The smallest absolute Gasteiger partial charge is 0.253 e. The maximum atomic E-state index is 13.2. The number of anilines is 1. The number of nitrogens with one attached hydrogen (secondary N) is 1. The van der Waals surface area contributed by atoms with E-state index in [1.807, 2.05) is 30.3 Å². The van der Waals surface area contributed by atoms with Gasteiger partial charge in [-0.2, -0.15) is 5.10 Å². The number of methoxy groups -OCH3 is 1. The Kier molecular flexibility index (Phi) is 8.06. The number of likely N-dealkylation sites (N-methyl/N-ethyl adjacent to an activating group) is 1. The summed E-state index contributed by atoms with van der Waals surface area (Å²) in [6.07, 6.45) is 3.45. The fourth-order valence-corrected chi connectivity index (χ4v) is 3.40. The lowest BCUT2D eigenvalue weighted by molar-refractivity contribution is -0.118. The second-order valence-corrected chi connectivity index (χ2v) is 7.03. The van der Waals surface area contributed by atoms with E-state index >= 15 is 0 Å². The van der Waals surface area contributed by atoms with E-state index in [1.54, 1.807) is 48.5 Å². The van der Waals surface area contributed by atoms with E-state index in [4.69, 9.17) is 9.47 Å². The highest BCUT2D eigenvalue weighted by Crippen LogP contribution is 2.31. The molecule has 0 aliphatic rings. The zero-order valence-electron chi connectivity index (χ0n) is 18.3. The van der Waals surface area contributed by atoms with Gasteiger partial charge in [0.1, 0.15) is 6.61 Å². The minimum atomic E-state index is -0.578. The third-order valence-corrected chi connectivity index (χ3v) is 5.14. The molecule has 1 unspecified atom stereocenters. The quantitative estimate of drug-likeness (QED) is 0.508. The van der Waals surface area contributed by atoms with Crippen LogP contribution in [0.5, 0.6) is 11.5 Å². The van der Waals surface area contributed by atoms with E-state index in [2.05, 4.69) is 29.2 Å². The molecular formula is C24H30N4O3. The van der Waals surface area contributed by atoms with Gasteiger partial charge in [0.15, 0.2) is 17.5 Å². The van der Waals surface area contributed by atoms with Crippen LogP contribution in [0.2, 0.25) is 0 Å². The summed E-state index contributed by atoms with van der Waals surface area (Å²) in [5, 5.41) is 7.28. The van der Waals surface area contributed by atoms with Crippen LogP contribution in [0, 0.1) is 0 Å². The number of hydrogen-bond donors (Lipinski definition) is 1. The summed E-state index contributed by atoms with van der Waals surface area (Å²) < 4.78 is 13.0. The first-order valence-electron chi connectivity index (χ1n) is 10.5. The number of rotatable bonds is 11. The molecule has 0 radical (unpaired) electrons. The molecule has 0 saturated carbocycles. The average molecular weight is 423 g/mol. The van der Waals surface area contributed by atoms with E-state index in [0.717, 1.165) is 25.2 Å². The largest absolute Gasteiger partial charge is 0.493 e. The SMILES string of the molecule is CCN(CC)CCOc1cc(NC(=O)C(c2ccccc2)n2cccn2)ccc1OC. The van der Waals surface area contributed by atoms with Crippen molar-refractivity contribution in [1.29, 1.82) is 0 Å². The fourth-order valence-electron chi connectivity index (χ4n) is 3.40. The number of carbonyl (C=O) groups excluding carboxylic acids is 1. The van der Waals surface area contributed by atoms with Crippen LogP contribution in [0.3, 0.4) is 0 Å². The van der Waals surface area contributed by atoms with E-state index in [1.165, 1.54) is 0 Å². The number of aromatic nitrogens is 2. The number of hydrogen-bond acceptors (Lipinski definition) is 5. The number of benzene rings is 2. The zero-order valence-corrected chi connectivity index (χ0v) is 18.3. The minimum absolute atomic E-state index is 0.186. The van der Waals surface area contributed by atoms with Crippen molar-refractivity contribution in [3.05, 3.63) is 72.6 Å². The Morgan fingerprint density at radius 2 is 1.87 bits per heavy atom. The third-order valence-electron chi connectivity index (χ3n) is 5.14. The van der Waals surface area contributed by atoms with Gasteiger partial charge in [-0.05, 0) is 36.9 Å². The summed E-state index contributed by atoms with van der Waals surface area (Å²) in [6.45, 7) is 7.56. The van der Waals surface area contributed by atoms with Gasteiger partial charge in [0, 0.05) is 30.7 Å². The molecule has 1 amide bonds. The van der Waals surface area contributed by atoms with Crippen molar-refractivity contribution in [1.82, 2.24) is 14.7 Å². The lowest BCUT2D eigenvalue weighted by Crippen LogP contribution is -2.28. The van der Waals surface area contributed by atoms with Gasteiger partial charge >= 0.3 is 0 Å². The second-order valence-electron chi connectivity index (χ2n) is 7.03. The Morgan fingerprint density at radius 3 is 2.52 bits per heavy atom. The molecule has 0 aliphatic heterocycles. The highest BCUT2D eigenvalue weighted by Gasteiger charge is 2.23. The van der Waals surface area contributed by atoms with Crippen LogP contribution in [0.15, 0.2) is 67.0 Å². The van der Waals surface area contributed by atoms with Gasteiger partial charge in [-0.3, -0.25) is 9.48 Å². The van der Waals surface area contributed by atoms with Crippen molar-refractivity contribution >= 4 is 11.6 Å². The van der Waals surface area contributed by atoms with Gasteiger partial charge < -0.3 is 19.7 Å². The molecule has 0 fully saturated rings. The topological polar surface area (TPSA) is 68.6 Å². The Hall–Kier alpha value is -3.32. The first kappa shape index (κ1) is 22.4. The molecule has 0 bridgehead atoms. The molecule has 0 saturated heterocycles. The average Bonchev–Trinajstić information content (AvgIpc) is 3.32. The summed E-state index contributed by atoms with van der Waals surface area (Å²) in [5.74, 6) is 1.04. The molecule has 0 spiro atoms. The van der Waals surface area contributed by atoms with Crippen LogP contribution in [0.4, 0.5) is 5.69 Å². The Labute approximate surface area is 183 Å². The predicted molar refractivity (Wildman–Crippen MR) is 122 cm³/mol. The normalized spacial score (nSPS) is 11.9. The number of ether oxygens (including phenoxy) is 2. The van der Waals surface area contributed by atoms with Crippen LogP contribution < -0.4 is 14.8 Å². The van der Waals surface area contributed by atoms with Crippen molar-refractivity contribution in [3.8, 4) is 11.5 Å². The highest BCUT2D eigenvalue weighted by atomic mass is 16.5. The van der Waals surface area contributed by atoms with E-state index in [9.17, 15) is 4.79 Å². The van der Waals surface area contributed by atoms with Crippen LogP contribution in [-0.2, 0) is 4.79 Å². The van der Waals surface area contributed by atoms with Gasteiger partial charge in [-0.15, -0.1) is 0 Å². The molecular weight excluding hydrogens is 392 g/mol. The molecule has 7 heteroatoms. The van der Waals surface area contributed by atoms with Crippen molar-refractivity contribution in [2.45, 2.75) is 19.9 Å². The second kappa shape index (κ2) is 11.2. The van der Waals surface area contributed by atoms with Crippen LogP contribution in [0.25, 0.3) is 0 Å². The Morgan fingerprint density at radius 1 is 1.10 bits per heavy atom. The predicted octanol–water partition coefficient (Wildman–Crippen LogP) is 3.84. The van der Waals surface area contributed by atoms with Crippen LogP contribution in [-0.4, -0.2) is 53.9 Å². The molecule has 1 aromatic heterocycles. The standard InChI is InChI=1S/C24H30N4O3/c1-4-27(5-2)16-17-31-22-18-20(12-13-21(22)30-3)26-24(29)23(28-15-9-14-25-28)19-10-7-6-8-11-19/h6-15,18,23H,4-5,16-17H2,1-3H3,(H,26,29). The van der Waals surface area contributed by atoms with Crippen LogP contribution >= 0.6 is 0 Å². The van der Waals surface area contributed by atoms with E-state index in [-0.39, 0.29) is 5.91 Å². The fraction of sp³-hybridized carbons (Fsp3) is 0.333. The van der Waals surface area contributed by atoms with Gasteiger partial charge in [-0.1, -0.05) is 44.2 Å². The van der Waals surface area contributed by atoms with Crippen molar-refractivity contribution in [2.24, 2.45) is 0 Å². The summed E-state index contributed by atoms with van der Waals surface area (Å²) in [6, 6.07) is 16.2. The number of nitrogens with zero attached hydrogens (tertiary/aromatic N) is 3. The van der Waals surface area contributed by atoms with Crippen molar-refractivity contribution < 1.29 is 14.3 Å². The first-order valence-corrected chi connectivity index (χ1v) is 10.5. The van der Waals surface area contributed by atoms with Crippen LogP contribution in [0.1, 0.15) is 25.5 Å². The highest BCUT2D eigenvalue weighted by molar-refractivity contribution is 5.96. The first-order chi connectivity index (χ1) is 15.2. The molecule has 2 aromatic carbocycles. The molecule has 3 aromatic rings. The summed E-state index contributed by atoms with van der Waals surface area (Å²) >= 11 is 0. The molecule has 7 nitrogen and oxygen atoms in total. The molecule has 0 aliphatic carbocycles. The van der Waals surface area contributed by atoms with Gasteiger partial charge in [0.25, 0.3) is 5.91 Å². The molecule has 1 atom stereocenters.